The molecule has 1 heterocycles. The highest BCUT2D eigenvalue weighted by atomic mass is 79.9. The van der Waals surface area contributed by atoms with Gasteiger partial charge in [-0.25, -0.2) is 0 Å². The van der Waals surface area contributed by atoms with Gasteiger partial charge in [0.1, 0.15) is 0 Å². The first-order valence-corrected chi connectivity index (χ1v) is 4.80. The van der Waals surface area contributed by atoms with Crippen molar-refractivity contribution in [3.05, 3.63) is 32.7 Å². The highest BCUT2D eigenvalue weighted by molar-refractivity contribution is 9.10. The minimum absolute atomic E-state index is 0.124. The largest absolute Gasteiger partial charge is 0.345 e. The first-order chi connectivity index (χ1) is 6.43. The van der Waals surface area contributed by atoms with Crippen molar-refractivity contribution in [3.8, 4) is 0 Å². The van der Waals surface area contributed by atoms with Crippen LogP contribution in [0.4, 0.5) is 0 Å². The second-order valence-corrected chi connectivity index (χ2v) is 4.05. The predicted octanol–water partition coefficient (Wildman–Crippen LogP) is 0.850. The van der Waals surface area contributed by atoms with Crippen LogP contribution in [-0.2, 0) is 7.05 Å². The molecular weight excluding hydrogens is 248 g/mol. The average Bonchev–Trinajstić information content (AvgIpc) is 2.12. The molecular formula is C9H11BrN2O2. The number of carbonyl (C=O) groups excluding carboxylic acids is 1. The van der Waals surface area contributed by atoms with Crippen LogP contribution in [0.5, 0.6) is 0 Å². The number of nitrogens with zero attached hydrogens (tertiary/aromatic N) is 2. The van der Waals surface area contributed by atoms with E-state index in [1.807, 2.05) is 0 Å². The van der Waals surface area contributed by atoms with Gasteiger partial charge in [0.05, 0.1) is 10.0 Å². The number of rotatable bonds is 1. The number of halogens is 1. The second kappa shape index (κ2) is 3.96. The van der Waals surface area contributed by atoms with Gasteiger partial charge in [-0.2, -0.15) is 0 Å². The maximum absolute atomic E-state index is 11.5. The molecule has 0 aliphatic carbocycles. The Bertz CT molecular complexity index is 397. The zero-order valence-electron chi connectivity index (χ0n) is 8.24. The van der Waals surface area contributed by atoms with Crippen LogP contribution < -0.4 is 5.56 Å². The van der Waals surface area contributed by atoms with Crippen LogP contribution in [0.1, 0.15) is 10.4 Å². The Morgan fingerprint density at radius 3 is 2.50 bits per heavy atom. The molecule has 0 saturated carbocycles. The summed E-state index contributed by atoms with van der Waals surface area (Å²) < 4.78 is 1.77. The molecule has 14 heavy (non-hydrogen) atoms. The molecule has 0 atom stereocenters. The van der Waals surface area contributed by atoms with Crippen molar-refractivity contribution in [2.45, 2.75) is 0 Å². The standard InChI is InChI=1S/C9H11BrN2O2/c1-11(2)8(13)6-4-7(10)9(14)12(3)5-6/h4-5H,1-3H3. The summed E-state index contributed by atoms with van der Waals surface area (Å²) in [5.74, 6) is -0.124. The Kier molecular flexibility index (Phi) is 3.10. The summed E-state index contributed by atoms with van der Waals surface area (Å²) in [5, 5.41) is 0. The quantitative estimate of drug-likeness (QED) is 0.750. The maximum atomic E-state index is 11.5. The van der Waals surface area contributed by atoms with Crippen LogP contribution >= 0.6 is 15.9 Å². The van der Waals surface area contributed by atoms with E-state index < -0.39 is 0 Å². The van der Waals surface area contributed by atoms with Crippen LogP contribution in [0.3, 0.4) is 0 Å². The smallest absolute Gasteiger partial charge is 0.264 e. The summed E-state index contributed by atoms with van der Waals surface area (Å²) in [6, 6.07) is 1.53. The number of pyridine rings is 1. The number of aryl methyl sites for hydroxylation is 1. The van der Waals surface area contributed by atoms with E-state index >= 15 is 0 Å². The summed E-state index contributed by atoms with van der Waals surface area (Å²) in [6.07, 6.45) is 1.52. The molecule has 0 spiro atoms. The third-order valence-corrected chi connectivity index (χ3v) is 2.36. The van der Waals surface area contributed by atoms with Gasteiger partial charge in [0.15, 0.2) is 0 Å². The first kappa shape index (κ1) is 11.0. The van der Waals surface area contributed by atoms with Crippen LogP contribution in [0.2, 0.25) is 0 Å². The van der Waals surface area contributed by atoms with Gasteiger partial charge in [-0.15, -0.1) is 0 Å². The molecule has 0 bridgehead atoms. The summed E-state index contributed by atoms with van der Waals surface area (Å²) in [6.45, 7) is 0. The van der Waals surface area contributed by atoms with Gasteiger partial charge in [0, 0.05) is 27.3 Å². The molecule has 1 rings (SSSR count). The molecule has 5 heteroatoms. The Hall–Kier alpha value is -1.10. The number of hydrogen-bond donors (Lipinski definition) is 0. The second-order valence-electron chi connectivity index (χ2n) is 3.19. The highest BCUT2D eigenvalue weighted by Crippen LogP contribution is 2.07. The number of carbonyl (C=O) groups is 1. The average molecular weight is 259 g/mol. The number of hydrogen-bond acceptors (Lipinski definition) is 2. The van der Waals surface area contributed by atoms with Gasteiger partial charge in [-0.3, -0.25) is 9.59 Å². The molecule has 1 aromatic heterocycles. The minimum atomic E-state index is -0.152. The minimum Gasteiger partial charge on any atom is -0.345 e. The third-order valence-electron chi connectivity index (χ3n) is 1.79. The zero-order valence-corrected chi connectivity index (χ0v) is 9.83. The predicted molar refractivity (Wildman–Crippen MR) is 57.4 cm³/mol. The molecule has 0 aliphatic rings. The zero-order chi connectivity index (χ0) is 10.9. The van der Waals surface area contributed by atoms with Crippen molar-refractivity contribution in [1.82, 2.24) is 9.47 Å². The molecule has 76 valence electrons. The van der Waals surface area contributed by atoms with E-state index in [0.717, 1.165) is 0 Å². The van der Waals surface area contributed by atoms with Crippen molar-refractivity contribution in [3.63, 3.8) is 0 Å². The summed E-state index contributed by atoms with van der Waals surface area (Å²) in [5.41, 5.74) is 0.337. The summed E-state index contributed by atoms with van der Waals surface area (Å²) in [4.78, 5) is 24.3. The molecule has 0 aliphatic heterocycles. The Balaban J connectivity index is 3.26. The third kappa shape index (κ3) is 2.04. The fourth-order valence-electron chi connectivity index (χ4n) is 1.05. The molecule has 1 amide bonds. The molecule has 0 fully saturated rings. The molecule has 0 unspecified atom stereocenters. The van der Waals surface area contributed by atoms with Gasteiger partial charge in [0.25, 0.3) is 11.5 Å². The lowest BCUT2D eigenvalue weighted by molar-refractivity contribution is 0.0826. The fourth-order valence-corrected chi connectivity index (χ4v) is 1.57. The van der Waals surface area contributed by atoms with Crippen LogP contribution in [-0.4, -0.2) is 29.5 Å². The van der Waals surface area contributed by atoms with Crippen LogP contribution in [0, 0.1) is 0 Å². The van der Waals surface area contributed by atoms with E-state index in [2.05, 4.69) is 15.9 Å². The number of amides is 1. The topological polar surface area (TPSA) is 42.3 Å². The van der Waals surface area contributed by atoms with Crippen LogP contribution in [0.25, 0.3) is 0 Å². The SMILES string of the molecule is CN(C)C(=O)c1cc(Br)c(=O)n(C)c1. The molecule has 0 N–H and O–H groups in total. The van der Waals surface area contributed by atoms with Crippen molar-refractivity contribution in [2.24, 2.45) is 7.05 Å². The van der Waals surface area contributed by atoms with E-state index in [4.69, 9.17) is 0 Å². The summed E-state index contributed by atoms with van der Waals surface area (Å²) >= 11 is 3.11. The monoisotopic (exact) mass is 258 g/mol. The van der Waals surface area contributed by atoms with Crippen molar-refractivity contribution < 1.29 is 4.79 Å². The first-order valence-electron chi connectivity index (χ1n) is 4.01. The Morgan fingerprint density at radius 1 is 1.50 bits per heavy atom. The van der Waals surface area contributed by atoms with Crippen molar-refractivity contribution in [2.75, 3.05) is 14.1 Å². The fraction of sp³-hybridized carbons (Fsp3) is 0.333. The molecule has 0 saturated heterocycles. The van der Waals surface area contributed by atoms with Crippen molar-refractivity contribution in [1.29, 1.82) is 0 Å². The number of aromatic nitrogens is 1. The highest BCUT2D eigenvalue weighted by Gasteiger charge is 2.10. The van der Waals surface area contributed by atoms with Gasteiger partial charge >= 0.3 is 0 Å². The lowest BCUT2D eigenvalue weighted by atomic mass is 10.2. The van der Waals surface area contributed by atoms with Gasteiger partial charge in [-0.05, 0) is 22.0 Å². The van der Waals surface area contributed by atoms with Gasteiger partial charge < -0.3 is 9.47 Å². The van der Waals surface area contributed by atoms with Crippen molar-refractivity contribution >= 4 is 21.8 Å². The van der Waals surface area contributed by atoms with E-state index in [-0.39, 0.29) is 11.5 Å². The molecule has 1 aromatic rings. The lowest BCUT2D eigenvalue weighted by Crippen LogP contribution is -2.25. The maximum Gasteiger partial charge on any atom is 0.264 e. The van der Waals surface area contributed by atoms with Crippen LogP contribution in [0.15, 0.2) is 21.5 Å². The normalized spacial score (nSPS) is 10.0. The molecule has 0 aromatic carbocycles. The van der Waals surface area contributed by atoms with Gasteiger partial charge in [-0.1, -0.05) is 0 Å². The molecule has 4 nitrogen and oxygen atoms in total. The lowest BCUT2D eigenvalue weighted by Gasteiger charge is -2.11. The van der Waals surface area contributed by atoms with E-state index in [1.54, 1.807) is 21.1 Å². The van der Waals surface area contributed by atoms with E-state index in [9.17, 15) is 9.59 Å². The summed E-state index contributed by atoms with van der Waals surface area (Å²) in [7, 11) is 4.95. The van der Waals surface area contributed by atoms with E-state index in [1.165, 1.54) is 21.7 Å². The van der Waals surface area contributed by atoms with E-state index in [0.29, 0.717) is 10.0 Å². The Labute approximate surface area is 90.3 Å². The van der Waals surface area contributed by atoms with Gasteiger partial charge in [0.2, 0.25) is 0 Å². The molecule has 0 radical (unpaired) electrons. The Morgan fingerprint density at radius 2 is 2.07 bits per heavy atom.